The summed E-state index contributed by atoms with van der Waals surface area (Å²) in [6, 6.07) is 3.34. The molecule has 0 bridgehead atoms. The van der Waals surface area contributed by atoms with E-state index in [-0.39, 0.29) is 5.15 Å². The van der Waals surface area contributed by atoms with Crippen LogP contribution in [0.25, 0.3) is 0 Å². The Bertz CT molecular complexity index is 379. The van der Waals surface area contributed by atoms with Crippen LogP contribution in [0.4, 0.5) is 5.69 Å². The van der Waals surface area contributed by atoms with Crippen molar-refractivity contribution in [3.8, 4) is 11.8 Å². The summed E-state index contributed by atoms with van der Waals surface area (Å²) in [5.41, 5.74) is 0.469. The number of nitrogens with one attached hydrogen (secondary N) is 1. The topological polar surface area (TPSA) is 42.0 Å². The number of aromatic nitrogens is 1. The van der Waals surface area contributed by atoms with E-state index in [1.54, 1.807) is 25.3 Å². The average molecular weight is 195 g/mol. The number of amides is 1. The van der Waals surface area contributed by atoms with Crippen molar-refractivity contribution >= 4 is 23.2 Å². The maximum atomic E-state index is 11.0. The number of hydrogen-bond donors (Lipinski definition) is 1. The quantitative estimate of drug-likeness (QED) is 0.546. The lowest BCUT2D eigenvalue weighted by molar-refractivity contribution is -0.111. The lowest BCUT2D eigenvalue weighted by Gasteiger charge is -2.00. The second-order valence-electron chi connectivity index (χ2n) is 2.17. The van der Waals surface area contributed by atoms with E-state index in [4.69, 9.17) is 11.6 Å². The Hall–Kier alpha value is -1.53. The standard InChI is InChI=1S/C9H7ClN2O/c1-2-4-8(13)12-7-5-3-6-11-9(7)10/h3,5-6H,1H3,(H,12,13). The summed E-state index contributed by atoms with van der Waals surface area (Å²) in [6.45, 7) is 1.59. The highest BCUT2D eigenvalue weighted by atomic mass is 35.5. The molecule has 0 atom stereocenters. The Morgan fingerprint density at radius 3 is 3.08 bits per heavy atom. The Kier molecular flexibility index (Phi) is 3.30. The van der Waals surface area contributed by atoms with E-state index in [0.717, 1.165) is 0 Å². The van der Waals surface area contributed by atoms with Gasteiger partial charge in [0.1, 0.15) is 0 Å². The smallest absolute Gasteiger partial charge is 0.300 e. The van der Waals surface area contributed by atoms with Gasteiger partial charge in [0.2, 0.25) is 0 Å². The molecule has 1 amide bonds. The highest BCUT2D eigenvalue weighted by molar-refractivity contribution is 6.32. The van der Waals surface area contributed by atoms with E-state index >= 15 is 0 Å². The first-order chi connectivity index (χ1) is 6.24. The van der Waals surface area contributed by atoms with E-state index < -0.39 is 5.91 Å². The van der Waals surface area contributed by atoms with Crippen molar-refractivity contribution in [3.63, 3.8) is 0 Å². The summed E-state index contributed by atoms with van der Waals surface area (Å²) in [6.07, 6.45) is 1.55. The van der Waals surface area contributed by atoms with Gasteiger partial charge in [-0.1, -0.05) is 17.5 Å². The Morgan fingerprint density at radius 2 is 2.46 bits per heavy atom. The monoisotopic (exact) mass is 194 g/mol. The van der Waals surface area contributed by atoms with Gasteiger partial charge in [0.05, 0.1) is 5.69 Å². The van der Waals surface area contributed by atoms with Gasteiger partial charge in [-0.25, -0.2) is 4.98 Å². The van der Waals surface area contributed by atoms with Crippen LogP contribution in [0.5, 0.6) is 0 Å². The molecule has 1 rings (SSSR count). The molecule has 1 aromatic rings. The predicted molar refractivity (Wildman–Crippen MR) is 51.3 cm³/mol. The minimum absolute atomic E-state index is 0.258. The van der Waals surface area contributed by atoms with Crippen LogP contribution in [0.15, 0.2) is 18.3 Å². The number of hydrogen-bond acceptors (Lipinski definition) is 2. The molecule has 0 aliphatic heterocycles. The zero-order chi connectivity index (χ0) is 9.68. The summed E-state index contributed by atoms with van der Waals surface area (Å²) in [5, 5.41) is 2.76. The fraction of sp³-hybridized carbons (Fsp3) is 0.111. The molecule has 0 saturated heterocycles. The Balaban J connectivity index is 2.78. The zero-order valence-electron chi connectivity index (χ0n) is 6.97. The molecule has 0 aliphatic carbocycles. The first kappa shape index (κ1) is 9.56. The van der Waals surface area contributed by atoms with Crippen LogP contribution < -0.4 is 5.32 Å². The van der Waals surface area contributed by atoms with Gasteiger partial charge in [-0.05, 0) is 25.0 Å². The van der Waals surface area contributed by atoms with E-state index in [2.05, 4.69) is 22.1 Å². The zero-order valence-corrected chi connectivity index (χ0v) is 7.72. The van der Waals surface area contributed by atoms with Crippen molar-refractivity contribution in [2.45, 2.75) is 6.92 Å². The molecule has 0 fully saturated rings. The highest BCUT2D eigenvalue weighted by Crippen LogP contribution is 2.16. The van der Waals surface area contributed by atoms with E-state index in [1.165, 1.54) is 0 Å². The minimum atomic E-state index is -0.391. The number of rotatable bonds is 1. The molecule has 0 aliphatic rings. The van der Waals surface area contributed by atoms with Crippen molar-refractivity contribution in [3.05, 3.63) is 23.5 Å². The molecular formula is C9H7ClN2O. The van der Waals surface area contributed by atoms with Gasteiger partial charge in [-0.3, -0.25) is 4.79 Å². The maximum Gasteiger partial charge on any atom is 0.300 e. The van der Waals surface area contributed by atoms with Crippen LogP contribution in [0.1, 0.15) is 6.92 Å². The van der Waals surface area contributed by atoms with E-state index in [0.29, 0.717) is 5.69 Å². The second-order valence-corrected chi connectivity index (χ2v) is 2.53. The molecule has 0 aromatic carbocycles. The molecule has 0 radical (unpaired) electrons. The summed E-state index contributed by atoms with van der Waals surface area (Å²) in [7, 11) is 0. The van der Waals surface area contributed by atoms with Gasteiger partial charge in [0.15, 0.2) is 5.15 Å². The Labute approximate surface area is 81.1 Å². The molecule has 1 N–H and O–H groups in total. The molecular weight excluding hydrogens is 188 g/mol. The molecule has 0 saturated carbocycles. The van der Waals surface area contributed by atoms with Gasteiger partial charge in [-0.2, -0.15) is 0 Å². The molecule has 0 spiro atoms. The fourth-order valence-electron chi connectivity index (χ4n) is 0.746. The summed E-state index contributed by atoms with van der Waals surface area (Å²) in [5.74, 6) is 4.43. The first-order valence-electron chi connectivity index (χ1n) is 3.58. The van der Waals surface area contributed by atoms with Crippen LogP contribution in [-0.4, -0.2) is 10.9 Å². The normalized spacial score (nSPS) is 8.46. The van der Waals surface area contributed by atoms with E-state index in [9.17, 15) is 4.79 Å². The summed E-state index contributed by atoms with van der Waals surface area (Å²) < 4.78 is 0. The minimum Gasteiger partial charge on any atom is -0.312 e. The maximum absolute atomic E-state index is 11.0. The Morgan fingerprint density at radius 1 is 1.69 bits per heavy atom. The van der Waals surface area contributed by atoms with Gasteiger partial charge < -0.3 is 5.32 Å². The summed E-state index contributed by atoms with van der Waals surface area (Å²) in [4.78, 5) is 14.8. The molecule has 3 nitrogen and oxygen atoms in total. The van der Waals surface area contributed by atoms with Gasteiger partial charge in [0, 0.05) is 6.20 Å². The predicted octanol–water partition coefficient (Wildman–Crippen LogP) is 1.70. The third-order valence-electron chi connectivity index (χ3n) is 1.25. The van der Waals surface area contributed by atoms with Crippen LogP contribution in [-0.2, 0) is 4.79 Å². The van der Waals surface area contributed by atoms with Crippen molar-refractivity contribution in [2.24, 2.45) is 0 Å². The van der Waals surface area contributed by atoms with Gasteiger partial charge in [-0.15, -0.1) is 0 Å². The van der Waals surface area contributed by atoms with Gasteiger partial charge in [0.25, 0.3) is 5.91 Å². The average Bonchev–Trinajstić information content (AvgIpc) is 2.09. The highest BCUT2D eigenvalue weighted by Gasteiger charge is 2.01. The lowest BCUT2D eigenvalue weighted by Crippen LogP contribution is -2.08. The van der Waals surface area contributed by atoms with Crippen molar-refractivity contribution in [1.29, 1.82) is 0 Å². The van der Waals surface area contributed by atoms with Crippen LogP contribution in [0.3, 0.4) is 0 Å². The third-order valence-corrected chi connectivity index (χ3v) is 1.55. The number of carbonyl (C=O) groups is 1. The fourth-order valence-corrected chi connectivity index (χ4v) is 0.913. The number of anilines is 1. The first-order valence-corrected chi connectivity index (χ1v) is 3.96. The van der Waals surface area contributed by atoms with Gasteiger partial charge >= 0.3 is 0 Å². The summed E-state index contributed by atoms with van der Waals surface area (Å²) >= 11 is 5.69. The number of nitrogens with zero attached hydrogens (tertiary/aromatic N) is 1. The van der Waals surface area contributed by atoms with Crippen LogP contribution >= 0.6 is 11.6 Å². The SMILES string of the molecule is CC#CC(=O)Nc1cccnc1Cl. The molecule has 4 heteroatoms. The van der Waals surface area contributed by atoms with Crippen LogP contribution in [0.2, 0.25) is 5.15 Å². The number of carbonyl (C=O) groups excluding carboxylic acids is 1. The molecule has 66 valence electrons. The molecule has 13 heavy (non-hydrogen) atoms. The van der Waals surface area contributed by atoms with Crippen molar-refractivity contribution in [2.75, 3.05) is 5.32 Å². The number of pyridine rings is 1. The second kappa shape index (κ2) is 4.48. The number of halogens is 1. The largest absolute Gasteiger partial charge is 0.312 e. The third kappa shape index (κ3) is 2.77. The lowest BCUT2D eigenvalue weighted by atomic mass is 10.4. The molecule has 1 heterocycles. The van der Waals surface area contributed by atoms with Crippen LogP contribution in [0, 0.1) is 11.8 Å². The molecule has 1 aromatic heterocycles. The van der Waals surface area contributed by atoms with Crippen molar-refractivity contribution < 1.29 is 4.79 Å². The molecule has 0 unspecified atom stereocenters. The van der Waals surface area contributed by atoms with Crippen molar-refractivity contribution in [1.82, 2.24) is 4.98 Å². The van der Waals surface area contributed by atoms with E-state index in [1.807, 2.05) is 0 Å².